The minimum Gasteiger partial charge on any atom is -0.461 e. The fourth-order valence-corrected chi connectivity index (χ4v) is 6.41. The van der Waals surface area contributed by atoms with Crippen LogP contribution in [0, 0.1) is 5.92 Å². The van der Waals surface area contributed by atoms with E-state index in [-0.39, 0.29) is 30.9 Å². The van der Waals surface area contributed by atoms with Gasteiger partial charge in [0.1, 0.15) is 30.2 Å². The van der Waals surface area contributed by atoms with Crippen molar-refractivity contribution in [1.29, 1.82) is 0 Å². The molecule has 0 aromatic rings. The molecule has 0 aromatic carbocycles. The van der Waals surface area contributed by atoms with E-state index >= 15 is 0 Å². The number of amides is 3. The molecule has 220 valence electrons. The second kappa shape index (κ2) is 15.5. The second-order valence-electron chi connectivity index (χ2n) is 11.1. The van der Waals surface area contributed by atoms with Crippen LogP contribution < -0.4 is 16.0 Å². The standard InChI is InChI=1S/C26H41N3O8S2/c1-15(2)23-19(30)13-22(33)36-16-8-6-7-11-38-39-14-18(25(35)29-23)28-24(34)17(27-20(31)12-16)9-10-21(32)37-26(3,4)5/h15-18,23H,6-14H2,1-5H3,(H,27,31)(H,28,34)(H,29,35)/t16-,17+,18+,23+/m0/s1. The monoisotopic (exact) mass is 587 g/mol. The third kappa shape index (κ3) is 12.2. The van der Waals surface area contributed by atoms with Gasteiger partial charge in [0.2, 0.25) is 17.7 Å². The molecule has 2 bridgehead atoms. The summed E-state index contributed by atoms with van der Waals surface area (Å²) in [5.74, 6) is -2.88. The Morgan fingerprint density at radius 2 is 1.74 bits per heavy atom. The Hall–Kier alpha value is -2.28. The maximum absolute atomic E-state index is 13.4. The van der Waals surface area contributed by atoms with E-state index < -0.39 is 71.7 Å². The number of fused-ring (bicyclic) bond motifs is 7. The quantitative estimate of drug-likeness (QED) is 0.253. The van der Waals surface area contributed by atoms with E-state index in [1.165, 1.54) is 10.8 Å². The number of ketones is 1. The maximum Gasteiger partial charge on any atom is 0.313 e. The van der Waals surface area contributed by atoms with Crippen LogP contribution in [0.15, 0.2) is 0 Å². The van der Waals surface area contributed by atoms with Crippen LogP contribution >= 0.6 is 21.6 Å². The summed E-state index contributed by atoms with van der Waals surface area (Å²) < 4.78 is 10.9. The highest BCUT2D eigenvalue weighted by Gasteiger charge is 2.34. The average molecular weight is 588 g/mol. The molecular formula is C26H41N3O8S2. The molecule has 2 rings (SSSR count). The topological polar surface area (TPSA) is 157 Å². The largest absolute Gasteiger partial charge is 0.461 e. The van der Waals surface area contributed by atoms with E-state index in [0.717, 1.165) is 12.2 Å². The SMILES string of the molecule is CC(C)[C@H]1NC(=O)[C@H]2CSSCCCC[C@@H](CC(=O)N[C@H](CCC(=O)OC(C)(C)C)C(=O)N2)OC(=O)CC1=O. The minimum atomic E-state index is -1.13. The maximum atomic E-state index is 13.4. The molecule has 2 fully saturated rings. The van der Waals surface area contributed by atoms with Crippen molar-refractivity contribution in [2.24, 2.45) is 5.92 Å². The molecular weight excluding hydrogens is 546 g/mol. The van der Waals surface area contributed by atoms with Crippen molar-refractivity contribution >= 4 is 57.0 Å². The first-order valence-electron chi connectivity index (χ1n) is 13.3. The normalized spacial score (nSPS) is 26.8. The molecule has 0 spiro atoms. The van der Waals surface area contributed by atoms with Gasteiger partial charge in [-0.05, 0) is 52.4 Å². The van der Waals surface area contributed by atoms with Crippen LogP contribution in [0.3, 0.4) is 0 Å². The Morgan fingerprint density at radius 3 is 2.41 bits per heavy atom. The lowest BCUT2D eigenvalue weighted by Gasteiger charge is -2.26. The van der Waals surface area contributed by atoms with Crippen molar-refractivity contribution in [2.45, 2.75) is 109 Å². The van der Waals surface area contributed by atoms with Gasteiger partial charge in [0.15, 0.2) is 5.78 Å². The Labute approximate surface area is 237 Å². The highest BCUT2D eigenvalue weighted by Crippen LogP contribution is 2.25. The summed E-state index contributed by atoms with van der Waals surface area (Å²) >= 11 is 0. The van der Waals surface area contributed by atoms with Crippen molar-refractivity contribution in [1.82, 2.24) is 16.0 Å². The van der Waals surface area contributed by atoms with Crippen LogP contribution in [-0.2, 0) is 38.2 Å². The smallest absolute Gasteiger partial charge is 0.313 e. The van der Waals surface area contributed by atoms with Gasteiger partial charge in [0, 0.05) is 17.9 Å². The number of carbonyl (C=O) groups is 6. The average Bonchev–Trinajstić information content (AvgIpc) is 2.81. The molecule has 2 aliphatic rings. The molecule has 0 aromatic heterocycles. The lowest BCUT2D eigenvalue weighted by molar-refractivity contribution is -0.156. The minimum absolute atomic E-state index is 0.0553. The van der Waals surface area contributed by atoms with E-state index in [1.807, 2.05) is 0 Å². The molecule has 3 N–H and O–H groups in total. The molecule has 13 heteroatoms. The number of carbonyl (C=O) groups excluding carboxylic acids is 6. The molecule has 39 heavy (non-hydrogen) atoms. The Kier molecular flexibility index (Phi) is 13.1. The summed E-state index contributed by atoms with van der Waals surface area (Å²) in [6.45, 7) is 8.68. The van der Waals surface area contributed by atoms with Crippen molar-refractivity contribution in [3.8, 4) is 0 Å². The molecule has 4 atom stereocenters. The van der Waals surface area contributed by atoms with Crippen LogP contribution in [0.25, 0.3) is 0 Å². The van der Waals surface area contributed by atoms with Crippen molar-refractivity contribution < 1.29 is 38.2 Å². The van der Waals surface area contributed by atoms with Crippen molar-refractivity contribution in [3.63, 3.8) is 0 Å². The first-order chi connectivity index (χ1) is 18.2. The van der Waals surface area contributed by atoms with Gasteiger partial charge in [-0.1, -0.05) is 35.4 Å². The van der Waals surface area contributed by atoms with Crippen LogP contribution in [0.1, 0.15) is 79.6 Å². The van der Waals surface area contributed by atoms with Gasteiger partial charge in [-0.3, -0.25) is 28.8 Å². The van der Waals surface area contributed by atoms with E-state index in [2.05, 4.69) is 16.0 Å². The van der Waals surface area contributed by atoms with E-state index in [1.54, 1.807) is 45.4 Å². The van der Waals surface area contributed by atoms with Gasteiger partial charge >= 0.3 is 11.9 Å². The van der Waals surface area contributed by atoms with Crippen molar-refractivity contribution in [3.05, 3.63) is 0 Å². The van der Waals surface area contributed by atoms with Crippen LogP contribution in [0.2, 0.25) is 0 Å². The summed E-state index contributed by atoms with van der Waals surface area (Å²) in [5, 5.41) is 8.05. The number of esters is 2. The molecule has 0 unspecified atom stereocenters. The van der Waals surface area contributed by atoms with E-state index in [0.29, 0.717) is 12.8 Å². The Bertz CT molecular complexity index is 921. The lowest BCUT2D eigenvalue weighted by atomic mass is 9.97. The van der Waals surface area contributed by atoms with Gasteiger partial charge < -0.3 is 25.4 Å². The summed E-state index contributed by atoms with van der Waals surface area (Å²) in [6.07, 6.45) is 0.175. The Morgan fingerprint density at radius 1 is 1.03 bits per heavy atom. The lowest BCUT2D eigenvalue weighted by Crippen LogP contribution is -2.57. The molecule has 11 nitrogen and oxygen atoms in total. The molecule has 2 heterocycles. The molecule has 3 amide bonds. The third-order valence-corrected chi connectivity index (χ3v) is 8.50. The Balaban J connectivity index is 2.40. The number of Topliss-reactive ketones (excluding diaryl/α,β-unsaturated/α-hetero) is 1. The van der Waals surface area contributed by atoms with Crippen LogP contribution in [0.5, 0.6) is 0 Å². The molecule has 0 aliphatic carbocycles. The molecule has 0 radical (unpaired) electrons. The number of rotatable bonds is 4. The number of nitrogens with one attached hydrogen (secondary N) is 3. The fourth-order valence-electron chi connectivity index (χ4n) is 4.10. The molecule has 2 aliphatic heterocycles. The molecule has 2 saturated heterocycles. The number of hydrogen-bond acceptors (Lipinski definition) is 10. The fraction of sp³-hybridized carbons (Fsp3) is 0.769. The first kappa shape index (κ1) is 32.9. The summed E-state index contributed by atoms with van der Waals surface area (Å²) in [4.78, 5) is 77.5. The van der Waals surface area contributed by atoms with Gasteiger partial charge in [-0.25, -0.2) is 0 Å². The summed E-state index contributed by atoms with van der Waals surface area (Å²) in [7, 11) is 2.97. The summed E-state index contributed by atoms with van der Waals surface area (Å²) in [6, 6.07) is -3.10. The summed E-state index contributed by atoms with van der Waals surface area (Å²) in [5.41, 5.74) is -0.712. The molecule has 0 saturated carbocycles. The zero-order valence-corrected chi connectivity index (χ0v) is 25.0. The van der Waals surface area contributed by atoms with E-state index in [4.69, 9.17) is 9.47 Å². The van der Waals surface area contributed by atoms with Gasteiger partial charge in [-0.2, -0.15) is 0 Å². The first-order valence-corrected chi connectivity index (χ1v) is 15.8. The predicted molar refractivity (Wildman–Crippen MR) is 149 cm³/mol. The third-order valence-electron chi connectivity index (χ3n) is 6.00. The number of hydrogen-bond donors (Lipinski definition) is 3. The predicted octanol–water partition coefficient (Wildman–Crippen LogP) is 2.06. The zero-order valence-electron chi connectivity index (χ0n) is 23.3. The van der Waals surface area contributed by atoms with Gasteiger partial charge in [0.05, 0.1) is 12.5 Å². The van der Waals surface area contributed by atoms with Crippen LogP contribution in [0.4, 0.5) is 0 Å². The highest BCUT2D eigenvalue weighted by molar-refractivity contribution is 8.76. The second-order valence-corrected chi connectivity index (χ2v) is 13.7. The van der Waals surface area contributed by atoms with Crippen molar-refractivity contribution in [2.75, 3.05) is 11.5 Å². The zero-order chi connectivity index (χ0) is 29.2. The highest BCUT2D eigenvalue weighted by atomic mass is 33.1. The van der Waals surface area contributed by atoms with Gasteiger partial charge in [0.25, 0.3) is 0 Å². The van der Waals surface area contributed by atoms with E-state index in [9.17, 15) is 28.8 Å². The van der Waals surface area contributed by atoms with Crippen LogP contribution in [-0.4, -0.2) is 76.8 Å². The van der Waals surface area contributed by atoms with Gasteiger partial charge in [-0.15, -0.1) is 0 Å². The number of ether oxygens (including phenoxy) is 2.